The number of rotatable bonds is 3. The van der Waals surface area contributed by atoms with Crippen LogP contribution in [0.15, 0.2) is 30.5 Å². The largest absolute Gasteiger partial charge is 0.444 e. The number of aryl methyl sites for hydroxylation is 3. The van der Waals surface area contributed by atoms with E-state index in [4.69, 9.17) is 4.74 Å². The molecule has 0 saturated carbocycles. The topological polar surface area (TPSA) is 66.0 Å². The Morgan fingerprint density at radius 1 is 1.07 bits per heavy atom. The van der Waals surface area contributed by atoms with E-state index < -0.39 is 0 Å². The van der Waals surface area contributed by atoms with Crippen LogP contribution in [0.1, 0.15) is 34.0 Å². The van der Waals surface area contributed by atoms with Gasteiger partial charge in [-0.1, -0.05) is 6.07 Å². The molecular formula is C23H28N4O3. The molecule has 1 aromatic carbocycles. The summed E-state index contributed by atoms with van der Waals surface area (Å²) in [5.41, 5.74) is 4.66. The van der Waals surface area contributed by atoms with Gasteiger partial charge in [0.1, 0.15) is 11.9 Å². The van der Waals surface area contributed by atoms with Gasteiger partial charge in [-0.3, -0.25) is 9.69 Å². The Balaban J connectivity index is 1.43. The number of cyclic esters (lactones) is 1. The molecule has 3 heterocycles. The average Bonchev–Trinajstić information content (AvgIpc) is 3.05. The molecule has 2 aromatic rings. The molecule has 7 nitrogen and oxygen atoms in total. The number of carbonyl (C=O) groups excluding carboxylic acids is 2. The first-order chi connectivity index (χ1) is 14.3. The zero-order valence-corrected chi connectivity index (χ0v) is 18.0. The smallest absolute Gasteiger partial charge is 0.414 e. The third kappa shape index (κ3) is 3.84. The lowest BCUT2D eigenvalue weighted by molar-refractivity contribution is 0.0746. The molecule has 4 rings (SSSR count). The molecule has 0 aliphatic carbocycles. The number of piperazine rings is 1. The van der Waals surface area contributed by atoms with Crippen molar-refractivity contribution in [3.63, 3.8) is 0 Å². The van der Waals surface area contributed by atoms with Crippen LogP contribution < -0.4 is 9.80 Å². The Labute approximate surface area is 177 Å². The number of amides is 2. The lowest BCUT2D eigenvalue weighted by Gasteiger charge is -2.36. The van der Waals surface area contributed by atoms with Crippen molar-refractivity contribution in [2.75, 3.05) is 42.5 Å². The first-order valence-electron chi connectivity index (χ1n) is 10.4. The number of anilines is 2. The standard InChI is InChI=1S/C23H28N4O3/c1-15-11-17(3)21(24-13-15)25-7-9-26(10-8-25)22(28)19-5-6-20(16(2)12-19)27-14-18(4)30-23(27)29/h5-6,11-13,18H,7-10,14H2,1-4H3. The van der Waals surface area contributed by atoms with E-state index in [2.05, 4.69) is 22.9 Å². The molecule has 1 aromatic heterocycles. The van der Waals surface area contributed by atoms with E-state index >= 15 is 0 Å². The SMILES string of the molecule is Cc1cnc(N2CCN(C(=O)c3ccc(N4CC(C)OC4=O)c(C)c3)CC2)c(C)c1. The number of ether oxygens (including phenoxy) is 1. The van der Waals surface area contributed by atoms with Crippen LogP contribution in [0.5, 0.6) is 0 Å². The van der Waals surface area contributed by atoms with E-state index in [1.54, 1.807) is 11.0 Å². The van der Waals surface area contributed by atoms with E-state index in [-0.39, 0.29) is 18.1 Å². The third-order valence-electron chi connectivity index (χ3n) is 5.75. The maximum atomic E-state index is 13.0. The molecule has 2 amide bonds. The highest BCUT2D eigenvalue weighted by molar-refractivity contribution is 5.96. The van der Waals surface area contributed by atoms with Crippen LogP contribution in [0.25, 0.3) is 0 Å². The lowest BCUT2D eigenvalue weighted by Crippen LogP contribution is -2.49. The summed E-state index contributed by atoms with van der Waals surface area (Å²) in [7, 11) is 0. The number of hydrogen-bond donors (Lipinski definition) is 0. The van der Waals surface area contributed by atoms with Gasteiger partial charge in [-0.25, -0.2) is 9.78 Å². The number of benzene rings is 1. The number of carbonyl (C=O) groups is 2. The number of pyridine rings is 1. The van der Waals surface area contributed by atoms with Crippen molar-refractivity contribution >= 4 is 23.5 Å². The molecule has 2 aliphatic rings. The van der Waals surface area contributed by atoms with Crippen molar-refractivity contribution in [3.8, 4) is 0 Å². The predicted molar refractivity (Wildman–Crippen MR) is 116 cm³/mol. The second-order valence-corrected chi connectivity index (χ2v) is 8.24. The summed E-state index contributed by atoms with van der Waals surface area (Å²) in [5.74, 6) is 1.02. The second kappa shape index (κ2) is 7.97. The first kappa shape index (κ1) is 20.2. The Morgan fingerprint density at radius 2 is 1.80 bits per heavy atom. The summed E-state index contributed by atoms with van der Waals surface area (Å²) >= 11 is 0. The van der Waals surface area contributed by atoms with Gasteiger partial charge < -0.3 is 14.5 Å². The molecule has 0 N–H and O–H groups in total. The minimum atomic E-state index is -0.333. The molecule has 0 radical (unpaired) electrons. The molecular weight excluding hydrogens is 380 g/mol. The van der Waals surface area contributed by atoms with E-state index in [1.807, 2.05) is 44.0 Å². The highest BCUT2D eigenvalue weighted by Crippen LogP contribution is 2.27. The summed E-state index contributed by atoms with van der Waals surface area (Å²) in [6.45, 7) is 11.3. The Kier molecular flexibility index (Phi) is 5.37. The summed E-state index contributed by atoms with van der Waals surface area (Å²) in [5, 5.41) is 0. The summed E-state index contributed by atoms with van der Waals surface area (Å²) < 4.78 is 5.22. The number of aromatic nitrogens is 1. The maximum Gasteiger partial charge on any atom is 0.414 e. The van der Waals surface area contributed by atoms with Gasteiger partial charge in [0.2, 0.25) is 0 Å². The maximum absolute atomic E-state index is 13.0. The van der Waals surface area contributed by atoms with Crippen molar-refractivity contribution in [2.24, 2.45) is 0 Å². The molecule has 0 spiro atoms. The van der Waals surface area contributed by atoms with Crippen LogP contribution in [0.4, 0.5) is 16.3 Å². The normalized spacial score (nSPS) is 19.3. The highest BCUT2D eigenvalue weighted by Gasteiger charge is 2.31. The van der Waals surface area contributed by atoms with E-state index in [1.165, 1.54) is 0 Å². The third-order valence-corrected chi connectivity index (χ3v) is 5.75. The summed E-state index contributed by atoms with van der Waals surface area (Å²) in [6.07, 6.45) is 1.43. The molecule has 7 heteroatoms. The van der Waals surface area contributed by atoms with Crippen molar-refractivity contribution in [3.05, 3.63) is 52.7 Å². The van der Waals surface area contributed by atoms with Gasteiger partial charge in [0.15, 0.2) is 0 Å². The van der Waals surface area contributed by atoms with Crippen molar-refractivity contribution in [2.45, 2.75) is 33.8 Å². The monoisotopic (exact) mass is 408 g/mol. The van der Waals surface area contributed by atoms with Crippen LogP contribution >= 0.6 is 0 Å². The van der Waals surface area contributed by atoms with E-state index in [0.29, 0.717) is 25.2 Å². The predicted octanol–water partition coefficient (Wildman–Crippen LogP) is 3.31. The summed E-state index contributed by atoms with van der Waals surface area (Å²) in [4.78, 5) is 35.4. The quantitative estimate of drug-likeness (QED) is 0.780. The Hall–Kier alpha value is -3.09. The van der Waals surface area contributed by atoms with Gasteiger partial charge in [-0.15, -0.1) is 0 Å². The molecule has 2 aliphatic heterocycles. The molecule has 0 bridgehead atoms. The first-order valence-corrected chi connectivity index (χ1v) is 10.4. The van der Waals surface area contributed by atoms with Crippen LogP contribution in [-0.2, 0) is 4.74 Å². The minimum absolute atomic E-state index is 0.0234. The van der Waals surface area contributed by atoms with E-state index in [9.17, 15) is 9.59 Å². The Bertz CT molecular complexity index is 982. The zero-order chi connectivity index (χ0) is 21.4. The summed E-state index contributed by atoms with van der Waals surface area (Å²) in [6, 6.07) is 7.66. The van der Waals surface area contributed by atoms with Gasteiger partial charge in [0.25, 0.3) is 5.91 Å². The van der Waals surface area contributed by atoms with Crippen LogP contribution in [0.2, 0.25) is 0 Å². The van der Waals surface area contributed by atoms with Gasteiger partial charge in [-0.2, -0.15) is 0 Å². The molecule has 1 atom stereocenters. The second-order valence-electron chi connectivity index (χ2n) is 8.24. The fraction of sp³-hybridized carbons (Fsp3) is 0.435. The van der Waals surface area contributed by atoms with Crippen LogP contribution in [0, 0.1) is 20.8 Å². The van der Waals surface area contributed by atoms with Crippen molar-refractivity contribution in [1.82, 2.24) is 9.88 Å². The molecule has 30 heavy (non-hydrogen) atoms. The van der Waals surface area contributed by atoms with Gasteiger partial charge in [-0.05, 0) is 62.6 Å². The molecule has 158 valence electrons. The van der Waals surface area contributed by atoms with Crippen LogP contribution in [0.3, 0.4) is 0 Å². The van der Waals surface area contributed by atoms with Crippen molar-refractivity contribution in [1.29, 1.82) is 0 Å². The van der Waals surface area contributed by atoms with E-state index in [0.717, 1.165) is 41.3 Å². The number of nitrogens with zero attached hydrogens (tertiary/aromatic N) is 4. The van der Waals surface area contributed by atoms with Crippen molar-refractivity contribution < 1.29 is 14.3 Å². The van der Waals surface area contributed by atoms with Gasteiger partial charge in [0.05, 0.1) is 12.2 Å². The minimum Gasteiger partial charge on any atom is -0.444 e. The number of hydrogen-bond acceptors (Lipinski definition) is 5. The molecule has 2 saturated heterocycles. The molecule has 2 fully saturated rings. The zero-order valence-electron chi connectivity index (χ0n) is 18.0. The lowest BCUT2D eigenvalue weighted by atomic mass is 10.1. The van der Waals surface area contributed by atoms with Gasteiger partial charge >= 0.3 is 6.09 Å². The highest BCUT2D eigenvalue weighted by atomic mass is 16.6. The Morgan fingerprint density at radius 3 is 2.40 bits per heavy atom. The fourth-order valence-electron chi connectivity index (χ4n) is 4.24. The van der Waals surface area contributed by atoms with Crippen LogP contribution in [-0.4, -0.2) is 60.7 Å². The molecule has 1 unspecified atom stereocenters. The van der Waals surface area contributed by atoms with Gasteiger partial charge in [0, 0.05) is 37.9 Å². The fourth-order valence-corrected chi connectivity index (χ4v) is 4.24. The average molecular weight is 409 g/mol.